The van der Waals surface area contributed by atoms with E-state index in [1.54, 1.807) is 48.5 Å². The van der Waals surface area contributed by atoms with Crippen molar-refractivity contribution in [2.75, 3.05) is 51.8 Å². The number of carboxylic acids is 1. The van der Waals surface area contributed by atoms with Crippen LogP contribution in [-0.2, 0) is 16.1 Å². The van der Waals surface area contributed by atoms with Crippen molar-refractivity contribution in [3.05, 3.63) is 89.5 Å². The van der Waals surface area contributed by atoms with E-state index in [4.69, 9.17) is 14.6 Å². The summed E-state index contributed by atoms with van der Waals surface area (Å²) in [7, 11) is 2.07. The van der Waals surface area contributed by atoms with Crippen molar-refractivity contribution in [2.24, 2.45) is 0 Å². The molecule has 1 saturated heterocycles. The number of carbonyl (C=O) groups excluding carboxylic acids is 3. The maximum atomic E-state index is 13.0. The molecule has 0 radical (unpaired) electrons. The molecular formula is C34H40N4O7. The van der Waals surface area contributed by atoms with Gasteiger partial charge in [0.05, 0.1) is 17.9 Å². The number of para-hydroxylation sites is 3. The number of hydrogen-bond donors (Lipinski definition) is 3. The van der Waals surface area contributed by atoms with Crippen molar-refractivity contribution in [1.82, 2.24) is 15.1 Å². The zero-order valence-electron chi connectivity index (χ0n) is 25.5. The van der Waals surface area contributed by atoms with Gasteiger partial charge in [0.15, 0.2) is 6.61 Å². The molecule has 0 saturated carbocycles. The highest BCUT2D eigenvalue weighted by atomic mass is 16.5. The summed E-state index contributed by atoms with van der Waals surface area (Å²) in [6.45, 7) is 3.58. The Morgan fingerprint density at radius 1 is 0.778 bits per heavy atom. The second kappa shape index (κ2) is 16.8. The lowest BCUT2D eigenvalue weighted by Crippen LogP contribution is -2.47. The standard InChI is InChI=1S/C34H40N4O7/c1-37-18-20-38(21-19-37)31(39)13-3-2-8-22-44-30-12-7-5-10-28(30)36-33(42)26-16-14-25(15-17-26)23-35-34(43)27-9-4-6-11-29(27)45-24-32(40)41/h4-7,9-12,14-17H,2-3,8,13,18-24H2,1H3,(H,35,43)(H,36,42)(H,40,41). The van der Waals surface area contributed by atoms with Crippen molar-refractivity contribution >= 4 is 29.4 Å². The Labute approximate surface area is 263 Å². The molecule has 1 aliphatic rings. The van der Waals surface area contributed by atoms with E-state index >= 15 is 0 Å². The van der Waals surface area contributed by atoms with E-state index in [9.17, 15) is 19.2 Å². The highest BCUT2D eigenvalue weighted by molar-refractivity contribution is 6.05. The Kier molecular flexibility index (Phi) is 12.3. The number of likely N-dealkylation sites (N-methyl/N-ethyl adjacent to an activating group) is 1. The molecule has 3 amide bonds. The minimum Gasteiger partial charge on any atom is -0.491 e. The van der Waals surface area contributed by atoms with Gasteiger partial charge in [-0.25, -0.2) is 4.79 Å². The zero-order valence-corrected chi connectivity index (χ0v) is 25.5. The molecule has 11 nitrogen and oxygen atoms in total. The quantitative estimate of drug-likeness (QED) is 0.218. The van der Waals surface area contributed by atoms with Crippen molar-refractivity contribution in [3.63, 3.8) is 0 Å². The van der Waals surface area contributed by atoms with E-state index in [-0.39, 0.29) is 29.7 Å². The van der Waals surface area contributed by atoms with E-state index < -0.39 is 18.5 Å². The maximum Gasteiger partial charge on any atom is 0.341 e. The average Bonchev–Trinajstić information content (AvgIpc) is 3.05. The molecule has 0 aromatic heterocycles. The van der Waals surface area contributed by atoms with Gasteiger partial charge in [0.2, 0.25) is 5.91 Å². The number of amides is 3. The molecule has 0 atom stereocenters. The number of hydrogen-bond acceptors (Lipinski definition) is 7. The van der Waals surface area contributed by atoms with Crippen LogP contribution in [0.5, 0.6) is 11.5 Å². The van der Waals surface area contributed by atoms with Gasteiger partial charge < -0.3 is 35.0 Å². The van der Waals surface area contributed by atoms with Gasteiger partial charge in [0, 0.05) is 44.7 Å². The third kappa shape index (κ3) is 10.4. The first-order valence-electron chi connectivity index (χ1n) is 15.1. The summed E-state index contributed by atoms with van der Waals surface area (Å²) < 4.78 is 11.2. The fraction of sp³-hybridized carbons (Fsp3) is 0.353. The Morgan fingerprint density at radius 2 is 1.47 bits per heavy atom. The molecule has 4 rings (SSSR count). The number of rotatable bonds is 15. The van der Waals surface area contributed by atoms with Gasteiger partial charge in [-0.1, -0.05) is 36.4 Å². The van der Waals surface area contributed by atoms with Crippen LogP contribution in [0.4, 0.5) is 5.69 Å². The molecule has 0 aliphatic carbocycles. The molecule has 45 heavy (non-hydrogen) atoms. The van der Waals surface area contributed by atoms with Gasteiger partial charge in [0.1, 0.15) is 11.5 Å². The molecule has 3 aromatic rings. The number of ether oxygens (including phenoxy) is 2. The molecule has 0 unspecified atom stereocenters. The lowest BCUT2D eigenvalue weighted by atomic mass is 10.1. The summed E-state index contributed by atoms with van der Waals surface area (Å²) in [4.78, 5) is 53.1. The van der Waals surface area contributed by atoms with Crippen LogP contribution in [0.15, 0.2) is 72.8 Å². The fourth-order valence-corrected chi connectivity index (χ4v) is 4.81. The molecule has 3 N–H and O–H groups in total. The second-order valence-electron chi connectivity index (χ2n) is 10.9. The first-order valence-corrected chi connectivity index (χ1v) is 15.1. The van der Waals surface area contributed by atoms with E-state index in [1.165, 1.54) is 6.07 Å². The first-order chi connectivity index (χ1) is 21.8. The number of benzene rings is 3. The van der Waals surface area contributed by atoms with Crippen molar-refractivity contribution in [2.45, 2.75) is 32.2 Å². The summed E-state index contributed by atoms with van der Waals surface area (Å²) in [6, 6.07) is 20.5. The number of piperazine rings is 1. The minimum absolute atomic E-state index is 0.182. The minimum atomic E-state index is -1.14. The smallest absolute Gasteiger partial charge is 0.341 e. The molecule has 1 aliphatic heterocycles. The third-order valence-corrected chi connectivity index (χ3v) is 7.44. The molecule has 0 bridgehead atoms. The second-order valence-corrected chi connectivity index (χ2v) is 10.9. The number of aliphatic carboxylic acids is 1. The van der Waals surface area contributed by atoms with E-state index in [2.05, 4.69) is 22.6 Å². The zero-order chi connectivity index (χ0) is 32.0. The number of nitrogens with one attached hydrogen (secondary N) is 2. The average molecular weight is 617 g/mol. The van der Waals surface area contributed by atoms with Gasteiger partial charge in [-0.05, 0) is 68.3 Å². The fourth-order valence-electron chi connectivity index (χ4n) is 4.81. The molecule has 0 spiro atoms. The highest BCUT2D eigenvalue weighted by Gasteiger charge is 2.18. The largest absolute Gasteiger partial charge is 0.491 e. The van der Waals surface area contributed by atoms with Gasteiger partial charge in [-0.3, -0.25) is 14.4 Å². The topological polar surface area (TPSA) is 138 Å². The van der Waals surface area contributed by atoms with Crippen LogP contribution < -0.4 is 20.1 Å². The summed E-state index contributed by atoms with van der Waals surface area (Å²) in [6.07, 6.45) is 3.06. The van der Waals surface area contributed by atoms with Gasteiger partial charge >= 0.3 is 5.97 Å². The number of carbonyl (C=O) groups is 4. The normalized spacial score (nSPS) is 13.1. The summed E-state index contributed by atoms with van der Waals surface area (Å²) >= 11 is 0. The van der Waals surface area contributed by atoms with Crippen LogP contribution in [-0.4, -0.2) is 85.0 Å². The molecule has 238 valence electrons. The van der Waals surface area contributed by atoms with Crippen molar-refractivity contribution < 1.29 is 33.8 Å². The molecule has 1 heterocycles. The van der Waals surface area contributed by atoms with Crippen LogP contribution in [0, 0.1) is 0 Å². The Morgan fingerprint density at radius 3 is 2.20 bits per heavy atom. The van der Waals surface area contributed by atoms with Crippen LogP contribution in [0.1, 0.15) is 52.0 Å². The molecular weight excluding hydrogens is 576 g/mol. The molecule has 11 heteroatoms. The summed E-state index contributed by atoms with van der Waals surface area (Å²) in [5.41, 5.74) is 2.01. The lowest BCUT2D eigenvalue weighted by molar-refractivity contribution is -0.139. The Bertz CT molecular complexity index is 1450. The van der Waals surface area contributed by atoms with E-state index in [1.807, 2.05) is 23.1 Å². The predicted octanol–water partition coefficient (Wildman–Crippen LogP) is 4.05. The van der Waals surface area contributed by atoms with Gasteiger partial charge in [-0.2, -0.15) is 0 Å². The van der Waals surface area contributed by atoms with Crippen LogP contribution in [0.3, 0.4) is 0 Å². The number of unbranched alkanes of at least 4 members (excludes halogenated alkanes) is 2. The van der Waals surface area contributed by atoms with Crippen LogP contribution in [0.25, 0.3) is 0 Å². The van der Waals surface area contributed by atoms with Crippen LogP contribution >= 0.6 is 0 Å². The highest BCUT2D eigenvalue weighted by Crippen LogP contribution is 2.25. The SMILES string of the molecule is CN1CCN(C(=O)CCCCCOc2ccccc2NC(=O)c2ccc(CNC(=O)c3ccccc3OCC(=O)O)cc2)CC1. The summed E-state index contributed by atoms with van der Waals surface area (Å²) in [5.74, 6) is -0.862. The monoisotopic (exact) mass is 616 g/mol. The number of carboxylic acid groups (broad SMARTS) is 1. The van der Waals surface area contributed by atoms with E-state index in [0.717, 1.165) is 51.0 Å². The third-order valence-electron chi connectivity index (χ3n) is 7.44. The Hall–Kier alpha value is -4.90. The van der Waals surface area contributed by atoms with Crippen LogP contribution in [0.2, 0.25) is 0 Å². The van der Waals surface area contributed by atoms with Gasteiger partial charge in [0.25, 0.3) is 11.8 Å². The molecule has 1 fully saturated rings. The Balaban J connectivity index is 1.20. The van der Waals surface area contributed by atoms with Crippen molar-refractivity contribution in [3.8, 4) is 11.5 Å². The summed E-state index contributed by atoms with van der Waals surface area (Å²) in [5, 5.41) is 14.6. The predicted molar refractivity (Wildman–Crippen MR) is 170 cm³/mol. The number of nitrogens with zero attached hydrogens (tertiary/aromatic N) is 2. The van der Waals surface area contributed by atoms with Crippen molar-refractivity contribution in [1.29, 1.82) is 0 Å². The number of anilines is 1. The first kappa shape index (κ1) is 33.0. The lowest BCUT2D eigenvalue weighted by Gasteiger charge is -2.32. The molecule has 3 aromatic carbocycles. The van der Waals surface area contributed by atoms with E-state index in [0.29, 0.717) is 30.0 Å². The maximum absolute atomic E-state index is 13.0. The van der Waals surface area contributed by atoms with Gasteiger partial charge in [-0.15, -0.1) is 0 Å².